The molecule has 10 nitrogen and oxygen atoms in total. The molecular formula is C29H37N5O5. The number of carbonyl (C=O) groups excluding carboxylic acids is 2. The topological polar surface area (TPSA) is 105 Å². The van der Waals surface area contributed by atoms with Crippen molar-refractivity contribution in [1.82, 2.24) is 15.2 Å². The quantitative estimate of drug-likeness (QED) is 0.479. The molecular weight excluding hydrogens is 498 g/mol. The predicted molar refractivity (Wildman–Crippen MR) is 148 cm³/mol. The number of carbonyl (C=O) groups is 2. The first-order valence-electron chi connectivity index (χ1n) is 13.6. The minimum absolute atomic E-state index is 0.0380. The highest BCUT2D eigenvalue weighted by Gasteiger charge is 2.50. The number of hydrazone groups is 1. The molecule has 2 aromatic carbocycles. The van der Waals surface area contributed by atoms with E-state index in [9.17, 15) is 9.59 Å². The van der Waals surface area contributed by atoms with E-state index in [0.29, 0.717) is 35.9 Å². The van der Waals surface area contributed by atoms with Gasteiger partial charge in [-0.15, -0.1) is 0 Å². The molecule has 0 aromatic heterocycles. The summed E-state index contributed by atoms with van der Waals surface area (Å²) >= 11 is 0. The Balaban J connectivity index is 1.26. The SMILES string of the molecule is COc1cc(NC(=O)CCC2=NNC3N(CCc4ccccc4)C(=O)C4CCCCC4N23)cc(OC)c1OC. The van der Waals surface area contributed by atoms with Crippen molar-refractivity contribution in [3.8, 4) is 17.2 Å². The summed E-state index contributed by atoms with van der Waals surface area (Å²) in [6, 6.07) is 13.7. The van der Waals surface area contributed by atoms with E-state index in [4.69, 9.17) is 14.2 Å². The number of nitrogens with zero attached hydrogens (tertiary/aromatic N) is 3. The Hall–Kier alpha value is -3.95. The number of methoxy groups -OCH3 is 3. The van der Waals surface area contributed by atoms with Gasteiger partial charge in [-0.25, -0.2) is 0 Å². The number of amidine groups is 1. The van der Waals surface area contributed by atoms with Crippen molar-refractivity contribution < 1.29 is 23.8 Å². The lowest BCUT2D eigenvalue weighted by Crippen LogP contribution is -2.67. The smallest absolute Gasteiger partial charge is 0.230 e. The molecule has 1 aliphatic carbocycles. The molecule has 2 fully saturated rings. The molecule has 3 unspecified atom stereocenters. The molecule has 0 radical (unpaired) electrons. The van der Waals surface area contributed by atoms with E-state index in [-0.39, 0.29) is 36.5 Å². The zero-order valence-corrected chi connectivity index (χ0v) is 22.8. The highest BCUT2D eigenvalue weighted by molar-refractivity contribution is 5.96. The van der Waals surface area contributed by atoms with Crippen molar-refractivity contribution in [2.45, 2.75) is 57.3 Å². The molecule has 2 N–H and O–H groups in total. The van der Waals surface area contributed by atoms with Gasteiger partial charge in [-0.05, 0) is 24.8 Å². The number of nitrogens with one attached hydrogen (secondary N) is 2. The normalized spacial score (nSPS) is 21.9. The summed E-state index contributed by atoms with van der Waals surface area (Å²) in [7, 11) is 4.61. The minimum atomic E-state index is -0.311. The van der Waals surface area contributed by atoms with Crippen molar-refractivity contribution >= 4 is 23.3 Å². The lowest BCUT2D eigenvalue weighted by atomic mass is 9.80. The summed E-state index contributed by atoms with van der Waals surface area (Å²) in [6.45, 7) is 0.616. The van der Waals surface area contributed by atoms with E-state index >= 15 is 0 Å². The highest BCUT2D eigenvalue weighted by atomic mass is 16.5. The van der Waals surface area contributed by atoms with Gasteiger partial charge in [-0.1, -0.05) is 43.2 Å². The zero-order valence-electron chi connectivity index (χ0n) is 22.8. The fraction of sp³-hybridized carbons (Fsp3) is 0.483. The molecule has 10 heteroatoms. The van der Waals surface area contributed by atoms with Gasteiger partial charge < -0.3 is 29.3 Å². The fourth-order valence-corrected chi connectivity index (χ4v) is 5.97. The molecule has 39 heavy (non-hydrogen) atoms. The molecule has 0 bridgehead atoms. The number of hydrogen-bond donors (Lipinski definition) is 2. The molecule has 2 heterocycles. The van der Waals surface area contributed by atoms with Crippen molar-refractivity contribution in [3.05, 3.63) is 48.0 Å². The van der Waals surface area contributed by atoms with Crippen LogP contribution in [0, 0.1) is 5.92 Å². The molecule has 2 amide bonds. The largest absolute Gasteiger partial charge is 0.493 e. The standard InChI is InChI=1S/C29H37N5O5/c1-37-23-17-20(18-24(38-2)27(23)39-3)30-26(35)14-13-25-31-32-29-33(16-15-19-9-5-4-6-10-19)28(36)21-11-7-8-12-22(21)34(25)29/h4-6,9-10,17-18,21-22,29,32H,7-8,11-16H2,1-3H3,(H,30,35). The van der Waals surface area contributed by atoms with Gasteiger partial charge in [0.05, 0.1) is 27.2 Å². The maximum atomic E-state index is 13.6. The first-order chi connectivity index (χ1) is 19.0. The van der Waals surface area contributed by atoms with E-state index < -0.39 is 0 Å². The maximum Gasteiger partial charge on any atom is 0.230 e. The lowest BCUT2D eigenvalue weighted by molar-refractivity contribution is -0.155. The average Bonchev–Trinajstić information content (AvgIpc) is 3.40. The van der Waals surface area contributed by atoms with E-state index in [1.165, 1.54) is 26.9 Å². The van der Waals surface area contributed by atoms with E-state index in [2.05, 4.69) is 32.9 Å². The van der Waals surface area contributed by atoms with Gasteiger partial charge in [0.15, 0.2) is 17.8 Å². The molecule has 3 aliphatic rings. The van der Waals surface area contributed by atoms with Crippen molar-refractivity contribution in [1.29, 1.82) is 0 Å². The molecule has 3 atom stereocenters. The number of rotatable bonds is 10. The van der Waals surface area contributed by atoms with Crippen molar-refractivity contribution in [2.24, 2.45) is 11.0 Å². The van der Waals surface area contributed by atoms with Gasteiger partial charge in [-0.2, -0.15) is 5.10 Å². The third-order valence-corrected chi connectivity index (χ3v) is 7.86. The zero-order chi connectivity index (χ0) is 27.4. The first kappa shape index (κ1) is 26.6. The van der Waals surface area contributed by atoms with Gasteiger partial charge in [0.2, 0.25) is 17.6 Å². The maximum absolute atomic E-state index is 13.6. The van der Waals surface area contributed by atoms with E-state index in [0.717, 1.165) is 37.9 Å². The van der Waals surface area contributed by atoms with Crippen LogP contribution in [0.25, 0.3) is 0 Å². The van der Waals surface area contributed by atoms with E-state index in [1.54, 1.807) is 12.1 Å². The van der Waals surface area contributed by atoms with E-state index in [1.807, 2.05) is 23.1 Å². The third kappa shape index (κ3) is 5.46. The second kappa shape index (κ2) is 11.8. The summed E-state index contributed by atoms with van der Waals surface area (Å²) < 4.78 is 16.2. The van der Waals surface area contributed by atoms with Crippen LogP contribution in [0.15, 0.2) is 47.6 Å². The minimum Gasteiger partial charge on any atom is -0.493 e. The van der Waals surface area contributed by atoms with Crippen LogP contribution in [0.5, 0.6) is 17.2 Å². The molecule has 2 aromatic rings. The van der Waals surface area contributed by atoms with Crippen LogP contribution in [0.1, 0.15) is 44.1 Å². The molecule has 208 valence electrons. The molecule has 1 saturated carbocycles. The Kier molecular flexibility index (Phi) is 8.09. The van der Waals surface area contributed by atoms with Gasteiger partial charge in [0, 0.05) is 43.2 Å². The molecule has 2 aliphatic heterocycles. The van der Waals surface area contributed by atoms with Crippen LogP contribution in [-0.2, 0) is 16.0 Å². The number of hydrogen-bond acceptors (Lipinski definition) is 8. The summed E-state index contributed by atoms with van der Waals surface area (Å²) in [6.07, 6.45) is 5.18. The first-order valence-corrected chi connectivity index (χ1v) is 13.6. The van der Waals surface area contributed by atoms with Crippen molar-refractivity contribution in [2.75, 3.05) is 33.2 Å². The predicted octanol–water partition coefficient (Wildman–Crippen LogP) is 3.58. The Bertz CT molecular complexity index is 1190. The highest BCUT2D eigenvalue weighted by Crippen LogP contribution is 2.40. The summed E-state index contributed by atoms with van der Waals surface area (Å²) in [5, 5.41) is 7.57. The Morgan fingerprint density at radius 3 is 2.44 bits per heavy atom. The number of benzene rings is 2. The average molecular weight is 536 g/mol. The van der Waals surface area contributed by atoms with Crippen LogP contribution in [0.2, 0.25) is 0 Å². The number of ether oxygens (including phenoxy) is 3. The Morgan fingerprint density at radius 2 is 1.74 bits per heavy atom. The van der Waals surface area contributed by atoms with Gasteiger partial charge in [0.1, 0.15) is 5.84 Å². The molecule has 0 spiro atoms. The fourth-order valence-electron chi connectivity index (χ4n) is 5.97. The van der Waals surface area contributed by atoms with Crippen LogP contribution in [-0.4, -0.2) is 67.7 Å². The van der Waals surface area contributed by atoms with Crippen molar-refractivity contribution in [3.63, 3.8) is 0 Å². The number of fused-ring (bicyclic) bond motifs is 3. The Labute approximate surface area is 229 Å². The second-order valence-electron chi connectivity index (χ2n) is 10.1. The second-order valence-corrected chi connectivity index (χ2v) is 10.1. The van der Waals surface area contributed by atoms with Crippen LogP contribution in [0.3, 0.4) is 0 Å². The monoisotopic (exact) mass is 535 g/mol. The third-order valence-electron chi connectivity index (χ3n) is 7.86. The van der Waals surface area contributed by atoms with Gasteiger partial charge in [-0.3, -0.25) is 15.0 Å². The molecule has 5 rings (SSSR count). The van der Waals surface area contributed by atoms with Gasteiger partial charge >= 0.3 is 0 Å². The summed E-state index contributed by atoms with van der Waals surface area (Å²) in [4.78, 5) is 30.7. The van der Waals surface area contributed by atoms with Crippen LogP contribution >= 0.6 is 0 Å². The summed E-state index contributed by atoms with van der Waals surface area (Å²) in [5.41, 5.74) is 4.97. The van der Waals surface area contributed by atoms with Crippen LogP contribution in [0.4, 0.5) is 5.69 Å². The molecule has 1 saturated heterocycles. The Morgan fingerprint density at radius 1 is 1.03 bits per heavy atom. The lowest BCUT2D eigenvalue weighted by Gasteiger charge is -2.50. The van der Waals surface area contributed by atoms with Gasteiger partial charge in [0.25, 0.3) is 0 Å². The number of amides is 2. The van der Waals surface area contributed by atoms with Crippen LogP contribution < -0.4 is 25.0 Å². The number of anilines is 1. The summed E-state index contributed by atoms with van der Waals surface area (Å²) in [5.74, 6) is 2.25.